The smallest absolute Gasteiger partial charge is 0.297 e. The molecule has 1 amide bonds. The average molecular weight is 328 g/mol. The van der Waals surface area contributed by atoms with Gasteiger partial charge in [0.2, 0.25) is 5.91 Å². The van der Waals surface area contributed by atoms with Crippen LogP contribution in [0, 0.1) is 10.1 Å². The number of rotatable bonds is 4. The molecule has 120 valence electrons. The van der Waals surface area contributed by atoms with Crippen LogP contribution in [0.25, 0.3) is 0 Å². The van der Waals surface area contributed by atoms with Crippen LogP contribution in [0.5, 0.6) is 0 Å². The third-order valence-electron chi connectivity index (χ3n) is 3.42. The fourth-order valence-electron chi connectivity index (χ4n) is 2.27. The van der Waals surface area contributed by atoms with E-state index >= 15 is 0 Å². The normalized spacial score (nSPS) is 19.0. The van der Waals surface area contributed by atoms with Crippen molar-refractivity contribution in [2.24, 2.45) is 0 Å². The first-order valence-corrected chi connectivity index (χ1v) is 8.13. The first-order chi connectivity index (χ1) is 10.3. The number of carbonyl (C=O) groups excluding carboxylic acids is 1. The molecule has 0 spiro atoms. The number of hydrogen-bond acceptors (Lipinski definition) is 6. The molecule has 0 bridgehead atoms. The predicted octanol–water partition coefficient (Wildman–Crippen LogP) is 1.31. The quantitative estimate of drug-likeness (QED) is 0.468. The molecule has 22 heavy (non-hydrogen) atoms. The molecule has 0 saturated carbocycles. The minimum absolute atomic E-state index is 0.124. The molecule has 1 aromatic rings. The monoisotopic (exact) mass is 328 g/mol. The largest absolute Gasteiger partial charge is 0.340 e. The minimum atomic E-state index is -4.01. The molecule has 0 aromatic heterocycles. The lowest BCUT2D eigenvalue weighted by Crippen LogP contribution is -2.42. The van der Waals surface area contributed by atoms with Crippen molar-refractivity contribution >= 4 is 21.7 Å². The molecule has 1 heterocycles. The Balaban J connectivity index is 2.10. The second kappa shape index (κ2) is 6.41. The van der Waals surface area contributed by atoms with E-state index in [1.807, 2.05) is 0 Å². The van der Waals surface area contributed by atoms with E-state index in [2.05, 4.69) is 0 Å². The molecule has 1 aromatic carbocycles. The van der Waals surface area contributed by atoms with Gasteiger partial charge in [0.05, 0.1) is 15.9 Å². The second-order valence-corrected chi connectivity index (χ2v) is 6.60. The van der Waals surface area contributed by atoms with Gasteiger partial charge in [-0.25, -0.2) is 0 Å². The summed E-state index contributed by atoms with van der Waals surface area (Å²) >= 11 is 0. The number of non-ortho nitro benzene ring substituents is 1. The number of nitro groups is 1. The van der Waals surface area contributed by atoms with Crippen LogP contribution >= 0.6 is 0 Å². The van der Waals surface area contributed by atoms with Crippen LogP contribution in [0.3, 0.4) is 0 Å². The van der Waals surface area contributed by atoms with Gasteiger partial charge in [-0.2, -0.15) is 8.42 Å². The summed E-state index contributed by atoms with van der Waals surface area (Å²) in [7, 11) is -4.01. The highest BCUT2D eigenvalue weighted by atomic mass is 32.2. The minimum Gasteiger partial charge on any atom is -0.340 e. The maximum atomic E-state index is 12.2. The van der Waals surface area contributed by atoms with Crippen LogP contribution in [0.2, 0.25) is 0 Å². The lowest BCUT2D eigenvalue weighted by Gasteiger charge is -2.31. The van der Waals surface area contributed by atoms with Gasteiger partial charge in [0.15, 0.2) is 0 Å². The highest BCUT2D eigenvalue weighted by Gasteiger charge is 2.28. The Kier molecular flexibility index (Phi) is 4.77. The van der Waals surface area contributed by atoms with Gasteiger partial charge in [-0.3, -0.25) is 19.1 Å². The molecule has 1 aliphatic rings. The van der Waals surface area contributed by atoms with E-state index < -0.39 is 21.1 Å². The summed E-state index contributed by atoms with van der Waals surface area (Å²) in [6.45, 7) is 2.24. The van der Waals surface area contributed by atoms with Gasteiger partial charge < -0.3 is 4.90 Å². The molecule has 8 nitrogen and oxygen atoms in total. The van der Waals surface area contributed by atoms with E-state index in [0.29, 0.717) is 19.4 Å². The highest BCUT2D eigenvalue weighted by Crippen LogP contribution is 2.22. The molecular formula is C13H16N2O6S. The Bertz CT molecular complexity index is 670. The molecule has 9 heteroatoms. The molecule has 0 radical (unpaired) electrons. The van der Waals surface area contributed by atoms with Crippen LogP contribution in [0.4, 0.5) is 5.69 Å². The van der Waals surface area contributed by atoms with Gasteiger partial charge in [-0.1, -0.05) is 0 Å². The van der Waals surface area contributed by atoms with E-state index in [-0.39, 0.29) is 23.0 Å². The zero-order chi connectivity index (χ0) is 16.3. The number of carbonyl (C=O) groups is 1. The van der Waals surface area contributed by atoms with Crippen molar-refractivity contribution in [3.63, 3.8) is 0 Å². The van der Waals surface area contributed by atoms with Gasteiger partial charge in [0.25, 0.3) is 15.8 Å². The van der Waals surface area contributed by atoms with Crippen molar-refractivity contribution in [1.82, 2.24) is 4.90 Å². The van der Waals surface area contributed by atoms with Gasteiger partial charge >= 0.3 is 0 Å². The summed E-state index contributed by atoms with van der Waals surface area (Å²) in [5.74, 6) is -0.124. The van der Waals surface area contributed by atoms with Gasteiger partial charge in [0, 0.05) is 32.1 Å². The third kappa shape index (κ3) is 3.80. The van der Waals surface area contributed by atoms with Crippen molar-refractivity contribution in [2.75, 3.05) is 13.1 Å². The molecule has 0 unspecified atom stereocenters. The number of likely N-dealkylation sites (tertiary alicyclic amines) is 1. The third-order valence-corrected chi connectivity index (χ3v) is 4.80. The zero-order valence-corrected chi connectivity index (χ0v) is 12.8. The fraction of sp³-hybridized carbons (Fsp3) is 0.462. The Hall–Kier alpha value is -2.00. The summed E-state index contributed by atoms with van der Waals surface area (Å²) in [6.07, 6.45) is 0.605. The van der Waals surface area contributed by atoms with Gasteiger partial charge in [-0.05, 0) is 25.0 Å². The summed E-state index contributed by atoms with van der Waals surface area (Å²) in [6, 6.07) is 4.50. The SMILES string of the molecule is CC(=O)N1CCC[C@H](OS(=O)(=O)c2ccc([N+](=O)[O-])cc2)C1. The molecule has 0 aliphatic carbocycles. The Morgan fingerprint density at radius 2 is 2.00 bits per heavy atom. The molecule has 1 saturated heterocycles. The van der Waals surface area contributed by atoms with E-state index in [1.54, 1.807) is 4.90 Å². The maximum Gasteiger partial charge on any atom is 0.297 e. The van der Waals surface area contributed by atoms with Gasteiger partial charge in [-0.15, -0.1) is 0 Å². The van der Waals surface area contributed by atoms with E-state index in [0.717, 1.165) is 24.3 Å². The number of benzene rings is 1. The van der Waals surface area contributed by atoms with E-state index in [9.17, 15) is 23.3 Å². The number of nitro benzene ring substituents is 1. The van der Waals surface area contributed by atoms with Crippen molar-refractivity contribution in [1.29, 1.82) is 0 Å². The van der Waals surface area contributed by atoms with Crippen LogP contribution < -0.4 is 0 Å². The summed E-state index contributed by atoms with van der Waals surface area (Å²) in [4.78, 5) is 22.7. The number of amides is 1. The molecule has 0 N–H and O–H groups in total. The lowest BCUT2D eigenvalue weighted by atomic mass is 10.1. The van der Waals surface area contributed by atoms with E-state index in [4.69, 9.17) is 4.18 Å². The highest BCUT2D eigenvalue weighted by molar-refractivity contribution is 7.86. The number of piperidine rings is 1. The molecule has 1 atom stereocenters. The lowest BCUT2D eigenvalue weighted by molar-refractivity contribution is -0.384. The topological polar surface area (TPSA) is 107 Å². The number of nitrogens with zero attached hydrogens (tertiary/aromatic N) is 2. The number of hydrogen-bond donors (Lipinski definition) is 0. The zero-order valence-electron chi connectivity index (χ0n) is 12.0. The van der Waals surface area contributed by atoms with Crippen LogP contribution in [0.1, 0.15) is 19.8 Å². The van der Waals surface area contributed by atoms with Crippen LogP contribution in [0.15, 0.2) is 29.2 Å². The molecular weight excluding hydrogens is 312 g/mol. The van der Waals surface area contributed by atoms with Crippen molar-refractivity contribution in [3.8, 4) is 0 Å². The maximum absolute atomic E-state index is 12.2. The molecule has 1 fully saturated rings. The average Bonchev–Trinajstić information content (AvgIpc) is 2.47. The molecule has 1 aliphatic heterocycles. The Morgan fingerprint density at radius 3 is 2.55 bits per heavy atom. The van der Waals surface area contributed by atoms with Crippen molar-refractivity contribution in [2.45, 2.75) is 30.8 Å². The second-order valence-electron chi connectivity index (χ2n) is 5.03. The van der Waals surface area contributed by atoms with Crippen molar-refractivity contribution < 1.29 is 22.3 Å². The summed E-state index contributed by atoms with van der Waals surface area (Å²) < 4.78 is 29.5. The van der Waals surface area contributed by atoms with E-state index in [1.165, 1.54) is 6.92 Å². The Morgan fingerprint density at radius 1 is 1.36 bits per heavy atom. The van der Waals surface area contributed by atoms with Crippen molar-refractivity contribution in [3.05, 3.63) is 34.4 Å². The fourth-order valence-corrected chi connectivity index (χ4v) is 3.37. The first kappa shape index (κ1) is 16.4. The Labute approximate surface area is 128 Å². The molecule has 2 rings (SSSR count). The van der Waals surface area contributed by atoms with Gasteiger partial charge in [0.1, 0.15) is 0 Å². The van der Waals surface area contributed by atoms with Crippen LogP contribution in [-0.2, 0) is 19.1 Å². The predicted molar refractivity (Wildman–Crippen MR) is 76.6 cm³/mol. The summed E-state index contributed by atoms with van der Waals surface area (Å²) in [5.41, 5.74) is -0.195. The standard InChI is InChI=1S/C13H16N2O6S/c1-10(16)14-8-2-3-12(9-14)21-22(19,20)13-6-4-11(5-7-13)15(17)18/h4-7,12H,2-3,8-9H2,1H3/t12-/m0/s1. The van der Waals surface area contributed by atoms with Crippen LogP contribution in [-0.4, -0.2) is 43.3 Å². The first-order valence-electron chi connectivity index (χ1n) is 6.73. The summed E-state index contributed by atoms with van der Waals surface area (Å²) in [5, 5.41) is 10.6.